The van der Waals surface area contributed by atoms with Gasteiger partial charge in [0.25, 0.3) is 11.5 Å². The molecule has 1 amide bonds. The summed E-state index contributed by atoms with van der Waals surface area (Å²) < 4.78 is 7.10. The standard InChI is InChI=1S/C27H36ClN7O3/c1-17-10-18(2)15-35(14-17)27-30-13-21(28)25(32-27)31-20-6-7-22-19(11-20)12-23(26(37)34(22)5)38-16-24(36)29-8-9-33(3)4/h6-7,11-13,17-18H,8-10,14-16H2,1-5H3,(H,29,36)(H,30,31,32)/t17-,18+. The van der Waals surface area contributed by atoms with E-state index in [9.17, 15) is 9.59 Å². The first kappa shape index (κ1) is 27.7. The Balaban J connectivity index is 1.52. The number of carbonyl (C=O) groups is 1. The smallest absolute Gasteiger partial charge is 0.293 e. The number of nitrogens with zero attached hydrogens (tertiary/aromatic N) is 5. The van der Waals surface area contributed by atoms with Gasteiger partial charge in [0, 0.05) is 44.3 Å². The number of carbonyl (C=O) groups excluding carboxylic acids is 1. The second kappa shape index (κ2) is 12.0. The molecule has 2 aromatic heterocycles. The Kier molecular flexibility index (Phi) is 8.73. The summed E-state index contributed by atoms with van der Waals surface area (Å²) in [6.45, 7) is 7.29. The number of hydrogen-bond donors (Lipinski definition) is 2. The van der Waals surface area contributed by atoms with Crippen molar-refractivity contribution >= 4 is 45.9 Å². The Labute approximate surface area is 228 Å². The van der Waals surface area contributed by atoms with Crippen LogP contribution in [-0.2, 0) is 11.8 Å². The molecular formula is C27H36ClN7O3. The minimum absolute atomic E-state index is 0.107. The molecule has 1 fully saturated rings. The van der Waals surface area contributed by atoms with Gasteiger partial charge in [0.1, 0.15) is 5.02 Å². The number of piperidine rings is 1. The first-order valence-electron chi connectivity index (χ1n) is 12.8. The van der Waals surface area contributed by atoms with Gasteiger partial charge < -0.3 is 29.7 Å². The largest absolute Gasteiger partial charge is 0.478 e. The van der Waals surface area contributed by atoms with Gasteiger partial charge in [-0.3, -0.25) is 9.59 Å². The number of aromatic nitrogens is 3. The molecule has 3 heterocycles. The molecule has 2 atom stereocenters. The number of nitrogens with one attached hydrogen (secondary N) is 2. The lowest BCUT2D eigenvalue weighted by Crippen LogP contribution is -2.39. The normalized spacial score (nSPS) is 17.6. The topological polar surface area (TPSA) is 105 Å². The Hall–Kier alpha value is -3.37. The molecule has 0 unspecified atom stereocenters. The molecule has 3 aromatic rings. The first-order chi connectivity index (χ1) is 18.1. The summed E-state index contributed by atoms with van der Waals surface area (Å²) >= 11 is 6.44. The van der Waals surface area contributed by atoms with Gasteiger partial charge in [-0.15, -0.1) is 0 Å². The van der Waals surface area contributed by atoms with Crippen molar-refractivity contribution in [2.75, 3.05) is 57.1 Å². The zero-order valence-corrected chi connectivity index (χ0v) is 23.4. The van der Waals surface area contributed by atoms with Gasteiger partial charge in [0.05, 0.1) is 11.7 Å². The predicted octanol–water partition coefficient (Wildman–Crippen LogP) is 3.26. The third-order valence-electron chi connectivity index (χ3n) is 6.58. The monoisotopic (exact) mass is 541 g/mol. The van der Waals surface area contributed by atoms with Gasteiger partial charge in [0.15, 0.2) is 18.2 Å². The molecule has 11 heteroatoms. The van der Waals surface area contributed by atoms with Crippen LogP contribution in [0.25, 0.3) is 10.9 Å². The van der Waals surface area contributed by atoms with Gasteiger partial charge in [-0.2, -0.15) is 4.98 Å². The third-order valence-corrected chi connectivity index (χ3v) is 6.85. The van der Waals surface area contributed by atoms with Crippen molar-refractivity contribution < 1.29 is 9.53 Å². The van der Waals surface area contributed by atoms with E-state index in [1.807, 2.05) is 37.2 Å². The molecule has 0 saturated carbocycles. The van der Waals surface area contributed by atoms with Crippen LogP contribution in [0.2, 0.25) is 5.02 Å². The summed E-state index contributed by atoms with van der Waals surface area (Å²) in [6.07, 6.45) is 2.82. The highest BCUT2D eigenvalue weighted by molar-refractivity contribution is 6.32. The van der Waals surface area contributed by atoms with Crippen LogP contribution in [0.3, 0.4) is 0 Å². The Morgan fingerprint density at radius 3 is 2.66 bits per heavy atom. The van der Waals surface area contributed by atoms with Crippen LogP contribution in [0.1, 0.15) is 20.3 Å². The lowest BCUT2D eigenvalue weighted by Gasteiger charge is -2.35. The van der Waals surface area contributed by atoms with Crippen molar-refractivity contribution in [1.82, 2.24) is 24.8 Å². The van der Waals surface area contributed by atoms with Crippen molar-refractivity contribution in [3.05, 3.63) is 45.8 Å². The van der Waals surface area contributed by atoms with E-state index < -0.39 is 0 Å². The number of aryl methyl sites for hydroxylation is 1. The molecule has 0 radical (unpaired) electrons. The summed E-state index contributed by atoms with van der Waals surface area (Å²) in [5.41, 5.74) is 1.16. The number of ether oxygens (including phenoxy) is 1. The fourth-order valence-electron chi connectivity index (χ4n) is 4.81. The molecule has 38 heavy (non-hydrogen) atoms. The highest BCUT2D eigenvalue weighted by atomic mass is 35.5. The molecule has 0 bridgehead atoms. The summed E-state index contributed by atoms with van der Waals surface area (Å²) in [5, 5.41) is 7.26. The highest BCUT2D eigenvalue weighted by Crippen LogP contribution is 2.29. The third kappa shape index (κ3) is 6.73. The van der Waals surface area contributed by atoms with E-state index in [-0.39, 0.29) is 23.8 Å². The quantitative estimate of drug-likeness (QED) is 0.425. The molecule has 1 aliphatic rings. The minimum atomic E-state index is -0.312. The maximum Gasteiger partial charge on any atom is 0.293 e. The number of benzene rings is 1. The molecular weight excluding hydrogens is 506 g/mol. The molecule has 1 aliphatic heterocycles. The minimum Gasteiger partial charge on any atom is -0.478 e. The van der Waals surface area contributed by atoms with E-state index >= 15 is 0 Å². The molecule has 204 valence electrons. The zero-order chi connectivity index (χ0) is 27.4. The van der Waals surface area contributed by atoms with E-state index in [1.165, 1.54) is 11.0 Å². The molecule has 0 spiro atoms. The molecule has 2 N–H and O–H groups in total. The SMILES string of the molecule is C[C@@H]1C[C@H](C)CN(c2ncc(Cl)c(Nc3ccc4c(c3)cc(OCC(=O)NCCN(C)C)c(=O)n4C)n2)C1. The average molecular weight is 542 g/mol. The van der Waals surface area contributed by atoms with Crippen molar-refractivity contribution in [3.8, 4) is 5.75 Å². The van der Waals surface area contributed by atoms with Gasteiger partial charge in [0.2, 0.25) is 5.95 Å². The van der Waals surface area contributed by atoms with Crippen LogP contribution in [0.5, 0.6) is 5.75 Å². The van der Waals surface area contributed by atoms with Gasteiger partial charge in [-0.25, -0.2) is 4.98 Å². The number of anilines is 3. The van der Waals surface area contributed by atoms with Crippen LogP contribution in [-0.4, -0.2) is 72.2 Å². The number of amides is 1. The van der Waals surface area contributed by atoms with E-state index in [4.69, 9.17) is 21.3 Å². The molecule has 1 aromatic carbocycles. The van der Waals surface area contributed by atoms with Crippen LogP contribution < -0.4 is 25.8 Å². The highest BCUT2D eigenvalue weighted by Gasteiger charge is 2.24. The molecule has 10 nitrogen and oxygen atoms in total. The fourth-order valence-corrected chi connectivity index (χ4v) is 4.95. The van der Waals surface area contributed by atoms with E-state index in [0.717, 1.165) is 29.7 Å². The number of pyridine rings is 1. The van der Waals surface area contributed by atoms with Crippen molar-refractivity contribution in [1.29, 1.82) is 0 Å². The fraction of sp³-hybridized carbons (Fsp3) is 0.481. The second-order valence-corrected chi connectivity index (χ2v) is 10.8. The lowest BCUT2D eigenvalue weighted by atomic mass is 9.92. The summed E-state index contributed by atoms with van der Waals surface area (Å²) in [7, 11) is 5.53. The average Bonchev–Trinajstić information content (AvgIpc) is 2.86. The number of halogens is 1. The first-order valence-corrected chi connectivity index (χ1v) is 13.2. The predicted molar refractivity (Wildman–Crippen MR) is 152 cm³/mol. The number of fused-ring (bicyclic) bond motifs is 1. The lowest BCUT2D eigenvalue weighted by molar-refractivity contribution is -0.123. The number of rotatable bonds is 9. The maximum atomic E-state index is 12.8. The van der Waals surface area contributed by atoms with Crippen LogP contribution >= 0.6 is 11.6 Å². The van der Waals surface area contributed by atoms with Crippen LogP contribution in [0.4, 0.5) is 17.5 Å². The second-order valence-electron chi connectivity index (χ2n) is 10.4. The van der Waals surface area contributed by atoms with Gasteiger partial charge in [-0.05, 0) is 56.6 Å². The summed E-state index contributed by atoms with van der Waals surface area (Å²) in [6, 6.07) is 7.26. The zero-order valence-electron chi connectivity index (χ0n) is 22.6. The van der Waals surface area contributed by atoms with Gasteiger partial charge in [-0.1, -0.05) is 25.4 Å². The van der Waals surface area contributed by atoms with E-state index in [1.54, 1.807) is 19.3 Å². The van der Waals surface area contributed by atoms with Crippen LogP contribution in [0, 0.1) is 11.8 Å². The summed E-state index contributed by atoms with van der Waals surface area (Å²) in [5.74, 6) is 2.13. The Morgan fingerprint density at radius 1 is 1.21 bits per heavy atom. The van der Waals surface area contributed by atoms with E-state index in [0.29, 0.717) is 41.7 Å². The van der Waals surface area contributed by atoms with Crippen molar-refractivity contribution in [3.63, 3.8) is 0 Å². The van der Waals surface area contributed by atoms with Crippen molar-refractivity contribution in [2.45, 2.75) is 20.3 Å². The van der Waals surface area contributed by atoms with E-state index in [2.05, 4.69) is 34.4 Å². The summed E-state index contributed by atoms with van der Waals surface area (Å²) in [4.78, 5) is 38.3. The van der Waals surface area contributed by atoms with Gasteiger partial charge >= 0.3 is 0 Å². The Morgan fingerprint density at radius 2 is 1.95 bits per heavy atom. The molecule has 1 saturated heterocycles. The van der Waals surface area contributed by atoms with Crippen LogP contribution in [0.15, 0.2) is 35.3 Å². The maximum absolute atomic E-state index is 12.8. The number of hydrogen-bond acceptors (Lipinski definition) is 8. The number of likely N-dealkylation sites (N-methyl/N-ethyl adjacent to an activating group) is 1. The van der Waals surface area contributed by atoms with Crippen molar-refractivity contribution in [2.24, 2.45) is 18.9 Å². The molecule has 0 aliphatic carbocycles. The molecule has 4 rings (SSSR count). The Bertz CT molecular complexity index is 1350.